The third-order valence-electron chi connectivity index (χ3n) is 3.42. The van der Waals surface area contributed by atoms with Crippen molar-refractivity contribution >= 4 is 29.1 Å². The van der Waals surface area contributed by atoms with E-state index in [1.165, 1.54) is 24.3 Å². The summed E-state index contributed by atoms with van der Waals surface area (Å²) in [5.74, 6) is 0.931. The van der Waals surface area contributed by atoms with Crippen LogP contribution in [0.2, 0.25) is 5.02 Å². The van der Waals surface area contributed by atoms with Gasteiger partial charge in [-0.3, -0.25) is 14.9 Å². The number of hydrogen-bond donors (Lipinski definition) is 0. The molecule has 1 aliphatic rings. The first-order valence-corrected chi connectivity index (χ1v) is 7.48. The fraction of sp³-hybridized carbons (Fsp3) is 0.118. The van der Waals surface area contributed by atoms with Crippen LogP contribution in [0.25, 0.3) is 6.08 Å². The molecule has 0 aliphatic carbocycles. The Labute approximate surface area is 142 Å². The second-order valence-corrected chi connectivity index (χ2v) is 5.43. The van der Waals surface area contributed by atoms with E-state index in [1.54, 1.807) is 24.3 Å². The molecule has 0 saturated carbocycles. The zero-order valence-corrected chi connectivity index (χ0v) is 13.2. The molecule has 0 atom stereocenters. The van der Waals surface area contributed by atoms with Gasteiger partial charge in [0.1, 0.15) is 18.2 Å². The minimum absolute atomic E-state index is 0.00707. The molecule has 3 rings (SSSR count). The Kier molecular flexibility index (Phi) is 4.48. The van der Waals surface area contributed by atoms with Crippen LogP contribution in [0.1, 0.15) is 15.9 Å². The highest BCUT2D eigenvalue weighted by atomic mass is 35.5. The van der Waals surface area contributed by atoms with Crippen LogP contribution < -0.4 is 9.47 Å². The molecule has 24 heavy (non-hydrogen) atoms. The maximum absolute atomic E-state index is 12.2. The number of allylic oxidation sites excluding steroid dienone is 1. The van der Waals surface area contributed by atoms with Crippen molar-refractivity contribution in [3.63, 3.8) is 0 Å². The van der Waals surface area contributed by atoms with Crippen LogP contribution in [0.5, 0.6) is 11.5 Å². The van der Waals surface area contributed by atoms with E-state index < -0.39 is 4.92 Å². The number of nitrogens with zero attached hydrogens (tertiary/aromatic N) is 1. The van der Waals surface area contributed by atoms with Crippen LogP contribution in [-0.2, 0) is 0 Å². The number of hydrogen-bond acceptors (Lipinski definition) is 5. The van der Waals surface area contributed by atoms with E-state index in [4.69, 9.17) is 21.1 Å². The zero-order chi connectivity index (χ0) is 17.1. The molecule has 0 bridgehead atoms. The molecule has 6 nitrogen and oxygen atoms in total. The standard InChI is InChI=1S/C17H12ClNO5/c18-13-4-3-12(10-14(13)19(21)22)15(20)5-1-11-2-6-16-17(9-11)24-8-7-23-16/h1-6,9-10H,7-8H2/b5-1+. The number of nitro benzene ring substituents is 1. The third-order valence-corrected chi connectivity index (χ3v) is 3.74. The summed E-state index contributed by atoms with van der Waals surface area (Å²) in [7, 11) is 0. The number of ether oxygens (including phenoxy) is 2. The maximum atomic E-state index is 12.2. The van der Waals surface area contributed by atoms with Gasteiger partial charge in [-0.05, 0) is 35.9 Å². The molecule has 0 unspecified atom stereocenters. The molecule has 122 valence electrons. The van der Waals surface area contributed by atoms with E-state index in [9.17, 15) is 14.9 Å². The van der Waals surface area contributed by atoms with Crippen LogP contribution in [0.15, 0.2) is 42.5 Å². The van der Waals surface area contributed by atoms with Gasteiger partial charge in [0.15, 0.2) is 17.3 Å². The molecular formula is C17H12ClNO5. The molecular weight excluding hydrogens is 334 g/mol. The molecule has 1 heterocycles. The molecule has 0 N–H and O–H groups in total. The molecule has 2 aromatic rings. The summed E-state index contributed by atoms with van der Waals surface area (Å²) >= 11 is 5.74. The summed E-state index contributed by atoms with van der Waals surface area (Å²) in [6.07, 6.45) is 2.96. The molecule has 7 heteroatoms. The predicted octanol–water partition coefficient (Wildman–Crippen LogP) is 3.92. The first kappa shape index (κ1) is 16.0. The van der Waals surface area contributed by atoms with E-state index in [-0.39, 0.29) is 22.1 Å². The Balaban J connectivity index is 1.80. The summed E-state index contributed by atoms with van der Waals surface area (Å²) < 4.78 is 10.9. The summed E-state index contributed by atoms with van der Waals surface area (Å²) in [4.78, 5) is 22.4. The summed E-state index contributed by atoms with van der Waals surface area (Å²) in [5.41, 5.74) is 0.659. The van der Waals surface area contributed by atoms with Crippen molar-refractivity contribution in [3.8, 4) is 11.5 Å². The molecule has 0 radical (unpaired) electrons. The summed E-state index contributed by atoms with van der Waals surface area (Å²) in [5, 5.41) is 10.9. The number of ketones is 1. The lowest BCUT2D eigenvalue weighted by molar-refractivity contribution is -0.384. The first-order chi connectivity index (χ1) is 11.5. The van der Waals surface area contributed by atoms with Gasteiger partial charge in [-0.1, -0.05) is 23.7 Å². The Hall–Kier alpha value is -2.86. The lowest BCUT2D eigenvalue weighted by Gasteiger charge is -2.18. The van der Waals surface area contributed by atoms with Gasteiger partial charge in [0.2, 0.25) is 0 Å². The molecule has 0 amide bonds. The zero-order valence-electron chi connectivity index (χ0n) is 12.4. The summed E-state index contributed by atoms with van der Waals surface area (Å²) in [6.45, 7) is 0.990. The first-order valence-electron chi connectivity index (χ1n) is 7.10. The lowest BCUT2D eigenvalue weighted by Crippen LogP contribution is -2.15. The van der Waals surface area contributed by atoms with Gasteiger partial charge in [-0.2, -0.15) is 0 Å². The third kappa shape index (κ3) is 3.38. The van der Waals surface area contributed by atoms with Crippen LogP contribution in [0.3, 0.4) is 0 Å². The maximum Gasteiger partial charge on any atom is 0.288 e. The van der Waals surface area contributed by atoms with E-state index >= 15 is 0 Å². The fourth-order valence-corrected chi connectivity index (χ4v) is 2.42. The van der Waals surface area contributed by atoms with Crippen LogP contribution in [-0.4, -0.2) is 23.9 Å². The number of rotatable bonds is 4. The van der Waals surface area contributed by atoms with Gasteiger partial charge in [-0.15, -0.1) is 0 Å². The molecule has 1 aliphatic heterocycles. The fourth-order valence-electron chi connectivity index (χ4n) is 2.24. The van der Waals surface area contributed by atoms with E-state index in [1.807, 2.05) is 0 Å². The number of benzene rings is 2. The number of carbonyl (C=O) groups excluding carboxylic acids is 1. The largest absolute Gasteiger partial charge is 0.486 e. The molecule has 0 spiro atoms. The second kappa shape index (κ2) is 6.72. The van der Waals surface area contributed by atoms with Gasteiger partial charge < -0.3 is 9.47 Å². The number of carbonyl (C=O) groups is 1. The second-order valence-electron chi connectivity index (χ2n) is 5.02. The van der Waals surface area contributed by atoms with Crippen molar-refractivity contribution in [2.24, 2.45) is 0 Å². The monoisotopic (exact) mass is 345 g/mol. The van der Waals surface area contributed by atoms with Crippen LogP contribution in [0.4, 0.5) is 5.69 Å². The van der Waals surface area contributed by atoms with Crippen LogP contribution >= 0.6 is 11.6 Å². The normalized spacial score (nSPS) is 13.0. The van der Waals surface area contributed by atoms with Gasteiger partial charge >= 0.3 is 0 Å². The van der Waals surface area contributed by atoms with Gasteiger partial charge in [0.05, 0.1) is 4.92 Å². The highest BCUT2D eigenvalue weighted by Crippen LogP contribution is 2.31. The minimum atomic E-state index is -0.621. The average Bonchev–Trinajstić information content (AvgIpc) is 2.59. The topological polar surface area (TPSA) is 78.7 Å². The van der Waals surface area contributed by atoms with E-state index in [0.717, 1.165) is 5.56 Å². The highest BCUT2D eigenvalue weighted by Gasteiger charge is 2.15. The van der Waals surface area contributed by atoms with Gasteiger partial charge in [-0.25, -0.2) is 0 Å². The number of halogens is 1. The highest BCUT2D eigenvalue weighted by molar-refractivity contribution is 6.32. The van der Waals surface area contributed by atoms with Crippen molar-refractivity contribution in [1.82, 2.24) is 0 Å². The molecule has 0 saturated heterocycles. The Morgan fingerprint density at radius 1 is 1.12 bits per heavy atom. The summed E-state index contributed by atoms with van der Waals surface area (Å²) in [6, 6.07) is 9.28. The van der Waals surface area contributed by atoms with E-state index in [0.29, 0.717) is 24.7 Å². The van der Waals surface area contributed by atoms with Gasteiger partial charge in [0, 0.05) is 11.6 Å². The lowest BCUT2D eigenvalue weighted by atomic mass is 10.1. The van der Waals surface area contributed by atoms with Crippen molar-refractivity contribution in [2.75, 3.05) is 13.2 Å². The molecule has 0 aromatic heterocycles. The average molecular weight is 346 g/mol. The SMILES string of the molecule is O=C(/C=C/c1ccc2c(c1)OCCO2)c1ccc(Cl)c([N+](=O)[O-])c1. The minimum Gasteiger partial charge on any atom is -0.486 e. The van der Waals surface area contributed by atoms with Crippen LogP contribution in [0, 0.1) is 10.1 Å². The van der Waals surface area contributed by atoms with Crippen molar-refractivity contribution in [3.05, 3.63) is 68.7 Å². The quantitative estimate of drug-likeness (QED) is 0.363. The van der Waals surface area contributed by atoms with Crippen molar-refractivity contribution in [2.45, 2.75) is 0 Å². The van der Waals surface area contributed by atoms with Crippen molar-refractivity contribution in [1.29, 1.82) is 0 Å². The Morgan fingerprint density at radius 3 is 2.62 bits per heavy atom. The predicted molar refractivity (Wildman–Crippen MR) is 88.9 cm³/mol. The Bertz CT molecular complexity index is 847. The molecule has 0 fully saturated rings. The van der Waals surface area contributed by atoms with E-state index in [2.05, 4.69) is 0 Å². The Morgan fingerprint density at radius 2 is 1.88 bits per heavy atom. The smallest absolute Gasteiger partial charge is 0.288 e. The van der Waals surface area contributed by atoms with Gasteiger partial charge in [0.25, 0.3) is 5.69 Å². The van der Waals surface area contributed by atoms with Crippen molar-refractivity contribution < 1.29 is 19.2 Å². The molecule has 2 aromatic carbocycles. The number of nitro groups is 1. The number of fused-ring (bicyclic) bond motifs is 1.